The van der Waals surface area contributed by atoms with Gasteiger partial charge in [-0.1, -0.05) is 20.8 Å². The summed E-state index contributed by atoms with van der Waals surface area (Å²) in [5.74, 6) is 0. The van der Waals surface area contributed by atoms with Crippen molar-refractivity contribution in [2.75, 3.05) is 45.9 Å². The molecule has 3 nitrogen and oxygen atoms in total. The zero-order valence-electron chi connectivity index (χ0n) is 10.0. The van der Waals surface area contributed by atoms with Crippen molar-refractivity contribution in [2.45, 2.75) is 27.2 Å². The van der Waals surface area contributed by atoms with E-state index in [0.717, 1.165) is 52.4 Å². The van der Waals surface area contributed by atoms with Gasteiger partial charge in [-0.15, -0.1) is 0 Å². The molecule has 3 heteroatoms. The van der Waals surface area contributed by atoms with Crippen LogP contribution in [0.3, 0.4) is 0 Å². The molecule has 0 saturated carbocycles. The largest absolute Gasteiger partial charge is 0.380 e. The van der Waals surface area contributed by atoms with E-state index in [4.69, 9.17) is 4.74 Å². The Morgan fingerprint density at radius 1 is 1.07 bits per heavy atom. The minimum Gasteiger partial charge on any atom is -0.380 e. The number of rotatable bonds is 10. The van der Waals surface area contributed by atoms with Crippen molar-refractivity contribution in [3.05, 3.63) is 0 Å². The molecule has 0 aromatic carbocycles. The van der Waals surface area contributed by atoms with Gasteiger partial charge < -0.3 is 15.0 Å². The van der Waals surface area contributed by atoms with Crippen LogP contribution < -0.4 is 5.32 Å². The van der Waals surface area contributed by atoms with Crippen molar-refractivity contribution < 1.29 is 4.74 Å². The van der Waals surface area contributed by atoms with Crippen LogP contribution in [0.5, 0.6) is 0 Å². The number of nitrogens with one attached hydrogen (secondary N) is 1. The van der Waals surface area contributed by atoms with Crippen LogP contribution in [0.4, 0.5) is 0 Å². The molecule has 0 spiro atoms. The number of ether oxygens (including phenoxy) is 1. The van der Waals surface area contributed by atoms with Gasteiger partial charge in [0.25, 0.3) is 0 Å². The summed E-state index contributed by atoms with van der Waals surface area (Å²) in [5.41, 5.74) is 0. The molecule has 0 fully saturated rings. The number of hydrogen-bond acceptors (Lipinski definition) is 3. The van der Waals surface area contributed by atoms with E-state index >= 15 is 0 Å². The highest BCUT2D eigenvalue weighted by Gasteiger charge is 2.00. The van der Waals surface area contributed by atoms with Crippen LogP contribution in [-0.2, 0) is 4.74 Å². The Labute approximate surface area is 88.8 Å². The predicted molar refractivity (Wildman–Crippen MR) is 61.8 cm³/mol. The van der Waals surface area contributed by atoms with Crippen molar-refractivity contribution in [1.82, 2.24) is 10.2 Å². The molecule has 0 aromatic heterocycles. The minimum atomic E-state index is 0.869. The molecule has 0 aliphatic rings. The zero-order valence-corrected chi connectivity index (χ0v) is 10.0. The third-order valence-electron chi connectivity index (χ3n) is 2.20. The summed E-state index contributed by atoms with van der Waals surface area (Å²) in [7, 11) is 0. The van der Waals surface area contributed by atoms with Crippen molar-refractivity contribution in [3.8, 4) is 0 Å². The SMILES string of the molecule is CCCOCCN(CC)CCNCC. The summed E-state index contributed by atoms with van der Waals surface area (Å²) in [6.07, 6.45) is 1.11. The van der Waals surface area contributed by atoms with Gasteiger partial charge in [0, 0.05) is 26.2 Å². The zero-order chi connectivity index (χ0) is 10.6. The average Bonchev–Trinajstić information content (AvgIpc) is 2.22. The quantitative estimate of drug-likeness (QED) is 0.541. The summed E-state index contributed by atoms with van der Waals surface area (Å²) >= 11 is 0. The van der Waals surface area contributed by atoms with Crippen LogP contribution in [0.25, 0.3) is 0 Å². The van der Waals surface area contributed by atoms with Gasteiger partial charge in [0.1, 0.15) is 0 Å². The Hall–Kier alpha value is -0.120. The third kappa shape index (κ3) is 8.48. The Bertz CT molecular complexity index is 109. The topological polar surface area (TPSA) is 24.5 Å². The van der Waals surface area contributed by atoms with E-state index in [9.17, 15) is 0 Å². The second-order valence-corrected chi connectivity index (χ2v) is 3.40. The molecule has 0 heterocycles. The lowest BCUT2D eigenvalue weighted by molar-refractivity contribution is 0.106. The molecule has 0 atom stereocenters. The highest BCUT2D eigenvalue weighted by Crippen LogP contribution is 1.88. The molecule has 0 aliphatic carbocycles. The van der Waals surface area contributed by atoms with Crippen molar-refractivity contribution in [1.29, 1.82) is 0 Å². The van der Waals surface area contributed by atoms with Crippen LogP contribution in [-0.4, -0.2) is 50.8 Å². The van der Waals surface area contributed by atoms with E-state index < -0.39 is 0 Å². The first kappa shape index (κ1) is 13.9. The van der Waals surface area contributed by atoms with Crippen molar-refractivity contribution in [2.24, 2.45) is 0 Å². The summed E-state index contributed by atoms with van der Waals surface area (Å²) in [4.78, 5) is 2.42. The number of nitrogens with zero attached hydrogens (tertiary/aromatic N) is 1. The maximum absolute atomic E-state index is 5.46. The number of hydrogen-bond donors (Lipinski definition) is 1. The molecule has 0 bridgehead atoms. The monoisotopic (exact) mass is 202 g/mol. The lowest BCUT2D eigenvalue weighted by atomic mass is 10.4. The molecular weight excluding hydrogens is 176 g/mol. The molecule has 0 aromatic rings. The van der Waals surface area contributed by atoms with E-state index in [1.54, 1.807) is 0 Å². The molecule has 0 aliphatic heterocycles. The molecule has 0 unspecified atom stereocenters. The second-order valence-electron chi connectivity index (χ2n) is 3.40. The van der Waals surface area contributed by atoms with Gasteiger partial charge >= 0.3 is 0 Å². The minimum absolute atomic E-state index is 0.869. The van der Waals surface area contributed by atoms with E-state index in [0.29, 0.717) is 0 Å². The average molecular weight is 202 g/mol. The molecule has 1 N–H and O–H groups in total. The molecular formula is C11H26N2O. The van der Waals surface area contributed by atoms with E-state index in [1.165, 1.54) is 0 Å². The van der Waals surface area contributed by atoms with E-state index in [2.05, 4.69) is 31.0 Å². The fraction of sp³-hybridized carbons (Fsp3) is 1.00. The van der Waals surface area contributed by atoms with E-state index in [-0.39, 0.29) is 0 Å². The van der Waals surface area contributed by atoms with Crippen LogP contribution in [0.15, 0.2) is 0 Å². The molecule has 14 heavy (non-hydrogen) atoms. The van der Waals surface area contributed by atoms with Crippen molar-refractivity contribution in [3.63, 3.8) is 0 Å². The fourth-order valence-corrected chi connectivity index (χ4v) is 1.28. The van der Waals surface area contributed by atoms with Gasteiger partial charge in [0.05, 0.1) is 6.61 Å². The molecule has 86 valence electrons. The Morgan fingerprint density at radius 2 is 1.86 bits per heavy atom. The first-order valence-electron chi connectivity index (χ1n) is 5.85. The Kier molecular flexibility index (Phi) is 10.9. The molecule has 0 amide bonds. The maximum Gasteiger partial charge on any atom is 0.0593 e. The number of likely N-dealkylation sites (N-methyl/N-ethyl adjacent to an activating group) is 2. The first-order valence-corrected chi connectivity index (χ1v) is 5.85. The summed E-state index contributed by atoms with van der Waals surface area (Å²) in [6.45, 7) is 13.7. The van der Waals surface area contributed by atoms with Crippen LogP contribution in [0.2, 0.25) is 0 Å². The van der Waals surface area contributed by atoms with Crippen LogP contribution in [0.1, 0.15) is 27.2 Å². The Morgan fingerprint density at radius 3 is 2.43 bits per heavy atom. The standard InChI is InChI=1S/C11H26N2O/c1-4-10-14-11-9-13(6-3)8-7-12-5-2/h12H,4-11H2,1-3H3. The molecule has 0 rings (SSSR count). The smallest absolute Gasteiger partial charge is 0.0593 e. The summed E-state index contributed by atoms with van der Waals surface area (Å²) in [6, 6.07) is 0. The van der Waals surface area contributed by atoms with Gasteiger partial charge in [-0.05, 0) is 19.5 Å². The van der Waals surface area contributed by atoms with Gasteiger partial charge in [-0.3, -0.25) is 0 Å². The Balaban J connectivity index is 3.28. The van der Waals surface area contributed by atoms with Gasteiger partial charge in [-0.2, -0.15) is 0 Å². The third-order valence-corrected chi connectivity index (χ3v) is 2.20. The summed E-state index contributed by atoms with van der Waals surface area (Å²) < 4.78 is 5.46. The summed E-state index contributed by atoms with van der Waals surface area (Å²) in [5, 5.41) is 3.33. The maximum atomic E-state index is 5.46. The van der Waals surface area contributed by atoms with Crippen LogP contribution >= 0.6 is 0 Å². The lowest BCUT2D eigenvalue weighted by Gasteiger charge is -2.20. The molecule has 0 saturated heterocycles. The second kappa shape index (κ2) is 11.0. The highest BCUT2D eigenvalue weighted by molar-refractivity contribution is 4.56. The fourth-order valence-electron chi connectivity index (χ4n) is 1.28. The first-order chi connectivity index (χ1) is 6.85. The van der Waals surface area contributed by atoms with E-state index in [1.807, 2.05) is 0 Å². The normalized spacial score (nSPS) is 11.1. The van der Waals surface area contributed by atoms with Gasteiger partial charge in [0.2, 0.25) is 0 Å². The lowest BCUT2D eigenvalue weighted by Crippen LogP contribution is -2.34. The van der Waals surface area contributed by atoms with Gasteiger partial charge in [-0.25, -0.2) is 0 Å². The molecule has 0 radical (unpaired) electrons. The van der Waals surface area contributed by atoms with Gasteiger partial charge in [0.15, 0.2) is 0 Å². The van der Waals surface area contributed by atoms with Crippen molar-refractivity contribution >= 4 is 0 Å². The highest BCUT2D eigenvalue weighted by atomic mass is 16.5. The predicted octanol–water partition coefficient (Wildman–Crippen LogP) is 1.34. The van der Waals surface area contributed by atoms with Crippen LogP contribution in [0, 0.1) is 0 Å².